The van der Waals surface area contributed by atoms with Gasteiger partial charge in [0.2, 0.25) is 52.8 Å². The number of nitrogens with zero attached hydrogens (tertiary/aromatic N) is 3. The van der Waals surface area contributed by atoms with Crippen LogP contribution in [-0.2, 0) is 86.1 Å². The Bertz CT molecular complexity index is 4690. The number of amides is 15. The summed E-state index contributed by atoms with van der Waals surface area (Å²) in [4.78, 5) is 243. The number of carbonyl (C=O) groups excluding carboxylic acids is 18. The molecule has 15 amide bonds. The van der Waals surface area contributed by atoms with E-state index in [2.05, 4.69) is 71.6 Å². The standard InChI is InChI=1S/C34H50F3N5O7.C34H55N5O7.C34H57N5O7/c1-8-10-20(23(43)27(45)38-15-9-2)39-26(44)22-21-19(32(21,6)7)16-42(22)28(46)24(31(3,4)5)40-30(48)41-25(29(47)49-17-18-11-12-18)33(13-14-33)34(35,36)37;1-17(19-12-13-19)46-30(44)22(15-32(2,3)4)37-31(45)38-26(33(5,6)7)29(43)39-16-20-23(34(20,8)9)24(39)28(42)36-21(14-18-10-11-18)25(40)27(35)41;1-13-15-16-21(24(40)28(42)35-17-14-2)36-27(41)23-22-20(34(22,11)12)18-39(23)29(43)25(32(5,6)7)37-31(45)38-26(33(8,9)10)30(44)46-19(3)4/h9,18-22,24-25H,2,8,10-17H2,1,3-7H3,(H,38,45)(H,39,44)(H2,40,41,48);17-24,26H,10-16H2,1-9H3,(H2,35,41)(H,36,42)(H2,37,38,45);14,19-23,25-26H,2,13,15-18H2,1,3-12H3,(H,35,42)(H,36,41)(H2,37,38,45)/t19-,20?,21-,22-,24+,25+;17?,20-,21?,22-,23-,24-,26+;20-,21?,22-,23-,25+,26+/m000/s1. The monoisotopic (exact) mass is 1990 g/mol. The molecule has 10 fully saturated rings. The van der Waals surface area contributed by atoms with E-state index in [0.29, 0.717) is 44.7 Å². The minimum absolute atomic E-state index is 0.0308. The molecule has 7 saturated carbocycles. The van der Waals surface area contributed by atoms with Crippen molar-refractivity contribution in [2.24, 2.45) is 108 Å². The van der Waals surface area contributed by atoms with Crippen molar-refractivity contribution in [1.29, 1.82) is 0 Å². The summed E-state index contributed by atoms with van der Waals surface area (Å²) in [5.74, 6) is -10.4. The topological polar surface area (TPSA) is 503 Å². The van der Waals surface area contributed by atoms with Crippen molar-refractivity contribution in [3.05, 3.63) is 25.3 Å². The van der Waals surface area contributed by atoms with Crippen molar-refractivity contribution >= 4 is 107 Å². The third-order valence-electron chi connectivity index (χ3n) is 29.8. The number of unbranched alkanes of at least 4 members (excludes halogenated alkanes) is 1. The summed E-state index contributed by atoms with van der Waals surface area (Å²) in [6.07, 6.45) is 5.20. The van der Waals surface area contributed by atoms with Gasteiger partial charge in [-0.15, -0.1) is 13.2 Å². The number of hydrogen-bond acceptors (Lipinski definition) is 21. The fraction of sp³-hybridized carbons (Fsp3) is 0.784. The number of ether oxygens (including phenoxy) is 3. The Morgan fingerprint density at radius 1 is 0.440 bits per heavy atom. The van der Waals surface area contributed by atoms with Crippen LogP contribution in [0.4, 0.5) is 27.6 Å². The highest BCUT2D eigenvalue weighted by molar-refractivity contribution is 6.39. The quantitative estimate of drug-likeness (QED) is 0.0117. The maximum Gasteiger partial charge on any atom is 0.397 e. The summed E-state index contributed by atoms with van der Waals surface area (Å²) in [5.41, 5.74) is -1.36. The molecule has 0 radical (unpaired) electrons. The van der Waals surface area contributed by atoms with Gasteiger partial charge in [0.05, 0.1) is 36.3 Å². The van der Waals surface area contributed by atoms with Crippen LogP contribution in [0.5, 0.6) is 0 Å². The molecular formula is C102H162F3N15O21. The van der Waals surface area contributed by atoms with Gasteiger partial charge in [0.25, 0.3) is 17.7 Å². The van der Waals surface area contributed by atoms with Gasteiger partial charge in [0.1, 0.15) is 60.5 Å². The van der Waals surface area contributed by atoms with Crippen molar-refractivity contribution in [3.63, 3.8) is 0 Å². The second-order valence-corrected chi connectivity index (χ2v) is 48.4. The van der Waals surface area contributed by atoms with Gasteiger partial charge >= 0.3 is 42.2 Å². The number of carbonyl (C=O) groups is 18. The van der Waals surface area contributed by atoms with Crippen LogP contribution in [0.15, 0.2) is 25.3 Å². The van der Waals surface area contributed by atoms with Crippen molar-refractivity contribution < 1.29 is 114 Å². The lowest BCUT2D eigenvalue weighted by molar-refractivity contribution is -0.202. The summed E-state index contributed by atoms with van der Waals surface area (Å²) < 4.78 is 58.7. The van der Waals surface area contributed by atoms with Gasteiger partial charge in [0.15, 0.2) is 0 Å². The van der Waals surface area contributed by atoms with E-state index in [4.69, 9.17) is 19.9 Å². The fourth-order valence-electron chi connectivity index (χ4n) is 20.3. The van der Waals surface area contributed by atoms with Crippen LogP contribution < -0.4 is 64.2 Å². The number of piperidine rings is 3. The van der Waals surface area contributed by atoms with Crippen molar-refractivity contribution in [1.82, 2.24) is 73.2 Å². The number of alkyl halides is 3. The van der Waals surface area contributed by atoms with Crippen LogP contribution >= 0.6 is 0 Å². The number of likely N-dealkylation sites (tertiary alicyclic amines) is 3. The molecule has 19 atom stereocenters. The zero-order valence-corrected chi connectivity index (χ0v) is 87.8. The number of esters is 3. The van der Waals surface area contributed by atoms with E-state index in [1.165, 1.54) is 26.9 Å². The number of fused-ring (bicyclic) bond motifs is 3. The second kappa shape index (κ2) is 44.9. The second-order valence-electron chi connectivity index (χ2n) is 48.4. The Labute approximate surface area is 829 Å². The first-order valence-corrected chi connectivity index (χ1v) is 50.3. The largest absolute Gasteiger partial charge is 0.464 e. The molecule has 36 nitrogen and oxygen atoms in total. The maximum absolute atomic E-state index is 14.3. The molecule has 10 aliphatic rings. The lowest BCUT2D eigenvalue weighted by Gasteiger charge is -2.38. The maximum atomic E-state index is 14.3. The van der Waals surface area contributed by atoms with Crippen LogP contribution in [0.3, 0.4) is 0 Å². The summed E-state index contributed by atoms with van der Waals surface area (Å²) >= 11 is 0. The van der Waals surface area contributed by atoms with Gasteiger partial charge in [-0.05, 0) is 182 Å². The minimum atomic E-state index is -4.78. The Morgan fingerprint density at radius 3 is 1.13 bits per heavy atom. The molecule has 0 spiro atoms. The average molecular weight is 1990 g/mol. The molecule has 10 rings (SSSR count). The Morgan fingerprint density at radius 2 is 0.809 bits per heavy atom. The number of nitrogens with one attached hydrogen (secondary N) is 11. The average Bonchev–Trinajstić information content (AvgIpc) is 1.53. The first-order chi connectivity index (χ1) is 64.9. The van der Waals surface area contributed by atoms with Crippen molar-refractivity contribution in [2.75, 3.05) is 39.3 Å². The molecule has 0 aromatic carbocycles. The first-order valence-electron chi connectivity index (χ1n) is 50.3. The smallest absolute Gasteiger partial charge is 0.397 e. The molecule has 0 aromatic heterocycles. The molecule has 3 heterocycles. The molecule has 39 heteroatoms. The zero-order valence-electron chi connectivity index (χ0n) is 87.8. The number of urea groups is 3. The summed E-state index contributed by atoms with van der Waals surface area (Å²) in [6, 6.07) is -15.9. The molecule has 3 saturated heterocycles. The summed E-state index contributed by atoms with van der Waals surface area (Å²) in [6.45, 7) is 56.3. The highest BCUT2D eigenvalue weighted by Gasteiger charge is 2.74. The number of Topliss-reactive ketones (excluding diaryl/α,β-unsaturated/α-hetero) is 3. The van der Waals surface area contributed by atoms with Crippen LogP contribution in [-0.4, -0.2) is 251 Å². The van der Waals surface area contributed by atoms with E-state index in [1.54, 1.807) is 83.1 Å². The number of halogens is 3. The molecule has 4 unspecified atom stereocenters. The van der Waals surface area contributed by atoms with E-state index >= 15 is 0 Å². The number of primary amides is 1. The third-order valence-corrected chi connectivity index (χ3v) is 29.8. The number of ketones is 3. The van der Waals surface area contributed by atoms with E-state index in [-0.39, 0.29) is 133 Å². The third kappa shape index (κ3) is 29.1. The van der Waals surface area contributed by atoms with E-state index in [9.17, 15) is 99.5 Å². The lowest BCUT2D eigenvalue weighted by atomic mass is 9.85. The summed E-state index contributed by atoms with van der Waals surface area (Å²) in [7, 11) is 0. The van der Waals surface area contributed by atoms with Crippen LogP contribution in [0.1, 0.15) is 276 Å². The number of hydrogen-bond donors (Lipinski definition) is 12. The predicted octanol–water partition coefficient (Wildman–Crippen LogP) is 8.77. The van der Waals surface area contributed by atoms with Gasteiger partial charge in [0, 0.05) is 32.7 Å². The normalized spacial score (nSPS) is 24.4. The SMILES string of the molecule is C=CCNC(=O)C(=O)C(CCC)NC(=O)[C@@H]1[C@@H]2[C@H](CN1C(=O)[C@@H](NC(=O)N[C@H](C(=O)OCC1CC1)C1(C(F)(F)F)CC1)C(C)(C)C)C2(C)C.C=CCNC(=O)C(=O)C(CCCC)NC(=O)[C@@H]1[C@@H]2[C@H](CN1C(=O)[C@@H](NC(=O)N[C@H](C(=O)OC(C)C)C(C)(C)C)C(C)(C)C)C2(C)C.CC(OC(=O)[C@H](CC(C)(C)C)NC(=O)N[C@H](C(=O)N1C[C@H]2[C@@H]([C@H]1C(=O)NC(CC1CC1)C(=O)C(N)=O)C2(C)C)C(C)(C)C)C1CC1. The van der Waals surface area contributed by atoms with Gasteiger partial charge < -0.3 is 93.1 Å². The highest BCUT2D eigenvalue weighted by atomic mass is 19.4. The number of nitrogens with two attached hydrogens (primary N) is 1. The van der Waals surface area contributed by atoms with Crippen molar-refractivity contribution in [2.45, 2.75) is 367 Å². The van der Waals surface area contributed by atoms with Crippen LogP contribution in [0.25, 0.3) is 0 Å². The molecule has 141 heavy (non-hydrogen) atoms. The molecule has 13 N–H and O–H groups in total. The molecule has 0 bridgehead atoms. The Kier molecular flexibility index (Phi) is 37.0. The van der Waals surface area contributed by atoms with Crippen LogP contribution in [0, 0.1) is 102 Å². The Hall–Kier alpha value is -10.3. The lowest BCUT2D eigenvalue weighted by Crippen LogP contribution is -2.63. The highest BCUT2D eigenvalue weighted by Crippen LogP contribution is 2.68. The van der Waals surface area contributed by atoms with Gasteiger partial charge in [-0.25, -0.2) is 28.8 Å². The van der Waals surface area contributed by atoms with Gasteiger partial charge in [-0.3, -0.25) is 57.5 Å². The molecule has 3 aliphatic heterocycles. The van der Waals surface area contributed by atoms with Gasteiger partial charge in [-0.1, -0.05) is 204 Å². The van der Waals surface area contributed by atoms with E-state index < -0.39 is 212 Å². The molecule has 7 aliphatic carbocycles. The minimum Gasteiger partial charge on any atom is -0.464 e. The van der Waals surface area contributed by atoms with E-state index in [0.717, 1.165) is 44.9 Å². The predicted molar refractivity (Wildman–Crippen MR) is 518 cm³/mol. The molecule has 0 aromatic rings. The van der Waals surface area contributed by atoms with Crippen LogP contribution in [0.2, 0.25) is 0 Å². The molecule has 792 valence electrons. The van der Waals surface area contributed by atoms with Crippen molar-refractivity contribution in [3.8, 4) is 0 Å². The zero-order chi connectivity index (χ0) is 107. The number of rotatable bonds is 42. The van der Waals surface area contributed by atoms with Gasteiger partial charge in [-0.2, -0.15) is 13.2 Å². The van der Waals surface area contributed by atoms with E-state index in [1.807, 2.05) is 96.9 Å². The summed E-state index contributed by atoms with van der Waals surface area (Å²) in [5, 5.41) is 28.9. The molecular weight excluding hydrogens is 1830 g/mol. The fourth-order valence-corrected chi connectivity index (χ4v) is 20.3. The first kappa shape index (κ1) is 116. The Balaban J connectivity index is 0.000000259.